The van der Waals surface area contributed by atoms with Crippen molar-refractivity contribution < 1.29 is 23.8 Å². The van der Waals surface area contributed by atoms with E-state index in [9.17, 15) is 9.59 Å². The molecule has 3 atom stereocenters. The summed E-state index contributed by atoms with van der Waals surface area (Å²) in [7, 11) is 3.28. The fraction of sp³-hybridized carbons (Fsp3) is 0.652. The number of carbonyl (C=O) groups is 2. The number of esters is 1. The van der Waals surface area contributed by atoms with Crippen LogP contribution in [0.5, 0.6) is 11.5 Å². The Kier molecular flexibility index (Phi) is 7.23. The molecule has 0 bridgehead atoms. The molecule has 3 rings (SSSR count). The minimum atomic E-state index is -0.425. The molecule has 0 aromatic heterocycles. The average molecular weight is 419 g/mol. The van der Waals surface area contributed by atoms with E-state index in [1.54, 1.807) is 21.1 Å². The maximum absolute atomic E-state index is 13.2. The van der Waals surface area contributed by atoms with E-state index in [1.165, 1.54) is 11.1 Å². The van der Waals surface area contributed by atoms with E-state index < -0.39 is 6.10 Å². The highest BCUT2D eigenvalue weighted by atomic mass is 16.5. The fourth-order valence-corrected chi connectivity index (χ4v) is 4.72. The number of benzene rings is 1. The van der Waals surface area contributed by atoms with E-state index in [-0.39, 0.29) is 23.8 Å². The lowest BCUT2D eigenvalue weighted by molar-refractivity contribution is -0.162. The molecule has 2 aliphatic heterocycles. The van der Waals surface area contributed by atoms with Crippen LogP contribution in [0.25, 0.3) is 0 Å². The van der Waals surface area contributed by atoms with Crippen molar-refractivity contribution in [2.24, 2.45) is 5.92 Å². The van der Waals surface area contributed by atoms with Crippen LogP contribution in [-0.2, 0) is 20.7 Å². The molecule has 1 fully saturated rings. The minimum Gasteiger partial charge on any atom is -0.493 e. The van der Waals surface area contributed by atoms with Crippen molar-refractivity contribution in [1.29, 1.82) is 0 Å². The van der Waals surface area contributed by atoms with Crippen molar-refractivity contribution in [1.82, 2.24) is 9.80 Å². The zero-order valence-electron chi connectivity index (χ0n) is 18.8. The highest BCUT2D eigenvalue weighted by Crippen LogP contribution is 2.43. The molecule has 1 aromatic rings. The van der Waals surface area contributed by atoms with Gasteiger partial charge in [-0.1, -0.05) is 6.92 Å². The summed E-state index contributed by atoms with van der Waals surface area (Å²) >= 11 is 0. The predicted molar refractivity (Wildman–Crippen MR) is 114 cm³/mol. The molecule has 2 aliphatic rings. The van der Waals surface area contributed by atoms with Crippen LogP contribution >= 0.6 is 0 Å². The number of methoxy groups -OCH3 is 2. The number of piperidine rings is 1. The molecule has 0 aliphatic carbocycles. The summed E-state index contributed by atoms with van der Waals surface area (Å²) in [6.07, 6.45) is 1.37. The Balaban J connectivity index is 1.93. The van der Waals surface area contributed by atoms with E-state index >= 15 is 0 Å². The quantitative estimate of drug-likeness (QED) is 0.635. The number of amides is 1. The van der Waals surface area contributed by atoms with Gasteiger partial charge in [0.1, 0.15) is 6.10 Å². The van der Waals surface area contributed by atoms with E-state index in [1.807, 2.05) is 30.9 Å². The van der Waals surface area contributed by atoms with Crippen LogP contribution in [0.1, 0.15) is 50.8 Å². The minimum absolute atomic E-state index is 0.0745. The van der Waals surface area contributed by atoms with E-state index in [4.69, 9.17) is 14.2 Å². The van der Waals surface area contributed by atoms with Gasteiger partial charge in [0.2, 0.25) is 5.91 Å². The first kappa shape index (κ1) is 22.4. The fourth-order valence-electron chi connectivity index (χ4n) is 4.72. The predicted octanol–water partition coefficient (Wildman–Crippen LogP) is 2.81. The second-order valence-corrected chi connectivity index (χ2v) is 7.90. The molecular weight excluding hydrogens is 384 g/mol. The lowest BCUT2D eigenvalue weighted by Gasteiger charge is -2.47. The van der Waals surface area contributed by atoms with Crippen LogP contribution in [-0.4, -0.2) is 68.2 Å². The zero-order chi connectivity index (χ0) is 21.8. The average Bonchev–Trinajstić information content (AvgIpc) is 2.78. The first-order valence-electron chi connectivity index (χ1n) is 10.9. The third-order valence-electron chi connectivity index (χ3n) is 6.41. The molecule has 1 aromatic carbocycles. The third-order valence-corrected chi connectivity index (χ3v) is 6.41. The summed E-state index contributed by atoms with van der Waals surface area (Å²) in [5.41, 5.74) is 2.40. The van der Waals surface area contributed by atoms with Crippen molar-refractivity contribution >= 4 is 11.9 Å². The number of hydrogen-bond acceptors (Lipinski definition) is 6. The van der Waals surface area contributed by atoms with Gasteiger partial charge in [0.15, 0.2) is 11.5 Å². The van der Waals surface area contributed by atoms with Crippen molar-refractivity contribution in [3.63, 3.8) is 0 Å². The van der Waals surface area contributed by atoms with Crippen LogP contribution in [0.4, 0.5) is 0 Å². The Hall–Kier alpha value is -2.28. The van der Waals surface area contributed by atoms with Gasteiger partial charge < -0.3 is 19.1 Å². The highest BCUT2D eigenvalue weighted by Gasteiger charge is 2.44. The van der Waals surface area contributed by atoms with Gasteiger partial charge in [-0.15, -0.1) is 0 Å². The lowest BCUT2D eigenvalue weighted by atomic mass is 9.81. The first-order chi connectivity index (χ1) is 14.5. The molecule has 0 N–H and O–H groups in total. The van der Waals surface area contributed by atoms with Gasteiger partial charge in [0.25, 0.3) is 0 Å². The first-order valence-corrected chi connectivity index (χ1v) is 10.9. The van der Waals surface area contributed by atoms with Gasteiger partial charge >= 0.3 is 5.97 Å². The second kappa shape index (κ2) is 9.69. The number of carbonyl (C=O) groups excluding carboxylic acids is 2. The number of ether oxygens (including phenoxy) is 3. The van der Waals surface area contributed by atoms with Gasteiger partial charge in [-0.3, -0.25) is 14.5 Å². The number of hydrogen-bond donors (Lipinski definition) is 0. The van der Waals surface area contributed by atoms with Gasteiger partial charge in [-0.25, -0.2) is 0 Å². The van der Waals surface area contributed by atoms with Crippen LogP contribution in [0.15, 0.2) is 12.1 Å². The van der Waals surface area contributed by atoms with Gasteiger partial charge in [-0.2, -0.15) is 0 Å². The largest absolute Gasteiger partial charge is 0.493 e. The van der Waals surface area contributed by atoms with Crippen LogP contribution < -0.4 is 9.47 Å². The molecule has 0 spiro atoms. The Morgan fingerprint density at radius 3 is 2.37 bits per heavy atom. The van der Waals surface area contributed by atoms with Gasteiger partial charge in [0, 0.05) is 45.1 Å². The van der Waals surface area contributed by atoms with Crippen molar-refractivity contribution in [2.75, 3.05) is 40.4 Å². The second-order valence-electron chi connectivity index (χ2n) is 7.90. The van der Waals surface area contributed by atoms with Crippen molar-refractivity contribution in [3.05, 3.63) is 23.3 Å². The molecule has 0 saturated carbocycles. The topological polar surface area (TPSA) is 68.3 Å². The Bertz CT molecular complexity index is 777. The molecule has 2 heterocycles. The van der Waals surface area contributed by atoms with Gasteiger partial charge in [-0.05, 0) is 43.5 Å². The summed E-state index contributed by atoms with van der Waals surface area (Å²) in [6.45, 7) is 8.52. The maximum atomic E-state index is 13.2. The monoisotopic (exact) mass is 418 g/mol. The normalized spacial score (nSPS) is 23.2. The van der Waals surface area contributed by atoms with E-state index in [0.29, 0.717) is 38.2 Å². The Morgan fingerprint density at radius 1 is 1.10 bits per heavy atom. The molecule has 1 saturated heterocycles. The van der Waals surface area contributed by atoms with Crippen molar-refractivity contribution in [2.45, 2.75) is 52.2 Å². The highest BCUT2D eigenvalue weighted by molar-refractivity contribution is 5.80. The molecule has 3 unspecified atom stereocenters. The number of nitrogens with zero attached hydrogens (tertiary/aromatic N) is 2. The summed E-state index contributed by atoms with van der Waals surface area (Å²) in [4.78, 5) is 29.6. The molecule has 166 valence electrons. The van der Waals surface area contributed by atoms with E-state index in [0.717, 1.165) is 18.7 Å². The SMILES string of the molecule is CCC(=O)OC1CC2c3cc(OC)c(OC)cc3CCN2CC1C(=O)N(CC)CC. The summed E-state index contributed by atoms with van der Waals surface area (Å²) in [5, 5.41) is 0. The Morgan fingerprint density at radius 2 is 1.77 bits per heavy atom. The molecule has 7 heteroatoms. The number of fused-ring (bicyclic) bond motifs is 3. The third kappa shape index (κ3) is 4.26. The standard InChI is InChI=1S/C23H34N2O5/c1-6-22(26)30-19-13-18-16-12-21(29-5)20(28-4)11-15(16)9-10-25(18)14-17(19)23(27)24(7-2)8-3/h11-12,17-19H,6-10,13-14H2,1-5H3. The summed E-state index contributed by atoms with van der Waals surface area (Å²) in [6, 6.07) is 4.17. The van der Waals surface area contributed by atoms with Crippen LogP contribution in [0.3, 0.4) is 0 Å². The van der Waals surface area contributed by atoms with Crippen LogP contribution in [0, 0.1) is 5.92 Å². The smallest absolute Gasteiger partial charge is 0.305 e. The zero-order valence-corrected chi connectivity index (χ0v) is 18.8. The van der Waals surface area contributed by atoms with E-state index in [2.05, 4.69) is 4.90 Å². The Labute approximate surface area is 179 Å². The summed E-state index contributed by atoms with van der Waals surface area (Å²) in [5.74, 6) is 0.906. The number of rotatable bonds is 7. The summed E-state index contributed by atoms with van der Waals surface area (Å²) < 4.78 is 16.8. The maximum Gasteiger partial charge on any atom is 0.305 e. The molecule has 1 amide bonds. The molecule has 7 nitrogen and oxygen atoms in total. The van der Waals surface area contributed by atoms with Crippen LogP contribution in [0.2, 0.25) is 0 Å². The van der Waals surface area contributed by atoms with Gasteiger partial charge in [0.05, 0.1) is 20.1 Å². The molecule has 0 radical (unpaired) electrons. The molecular formula is C23H34N2O5. The van der Waals surface area contributed by atoms with Crippen molar-refractivity contribution in [3.8, 4) is 11.5 Å². The lowest BCUT2D eigenvalue weighted by Crippen LogP contribution is -2.54. The molecule has 30 heavy (non-hydrogen) atoms.